The predicted octanol–water partition coefficient (Wildman–Crippen LogP) is 3.78. The first-order chi connectivity index (χ1) is 10.2. The highest BCUT2D eigenvalue weighted by Crippen LogP contribution is 2.15. The van der Waals surface area contributed by atoms with Gasteiger partial charge in [0.25, 0.3) is 5.91 Å². The summed E-state index contributed by atoms with van der Waals surface area (Å²) in [5.74, 6) is -0.163. The molecule has 1 N–H and O–H groups in total. The Labute approximate surface area is 127 Å². The summed E-state index contributed by atoms with van der Waals surface area (Å²) in [6.45, 7) is 0. The largest absolute Gasteiger partial charge is 0.322 e. The molecule has 21 heavy (non-hydrogen) atoms. The van der Waals surface area contributed by atoms with Crippen LogP contribution in [0.4, 0.5) is 5.69 Å². The number of halogens is 1. The maximum Gasteiger partial charge on any atom is 0.255 e. The van der Waals surface area contributed by atoms with Crippen molar-refractivity contribution in [2.45, 2.75) is 0 Å². The fourth-order valence-electron chi connectivity index (χ4n) is 1.92. The third kappa shape index (κ3) is 3.12. The van der Waals surface area contributed by atoms with E-state index >= 15 is 0 Å². The van der Waals surface area contributed by atoms with Crippen LogP contribution in [0.15, 0.2) is 67.0 Å². The van der Waals surface area contributed by atoms with E-state index in [1.54, 1.807) is 47.3 Å². The third-order valence-corrected chi connectivity index (χ3v) is 3.25. The number of amides is 1. The minimum absolute atomic E-state index is 0.163. The van der Waals surface area contributed by atoms with E-state index in [0.717, 1.165) is 5.69 Å². The average molecular weight is 298 g/mol. The van der Waals surface area contributed by atoms with Gasteiger partial charge < -0.3 is 5.32 Å². The van der Waals surface area contributed by atoms with E-state index in [4.69, 9.17) is 11.6 Å². The molecule has 0 aliphatic rings. The highest BCUT2D eigenvalue weighted by molar-refractivity contribution is 6.30. The zero-order valence-corrected chi connectivity index (χ0v) is 11.8. The lowest BCUT2D eigenvalue weighted by Crippen LogP contribution is -2.11. The Kier molecular flexibility index (Phi) is 3.71. The number of nitrogens with zero attached hydrogens (tertiary/aromatic N) is 2. The Bertz CT molecular complexity index is 734. The molecule has 0 fully saturated rings. The van der Waals surface area contributed by atoms with E-state index in [1.807, 2.05) is 24.4 Å². The molecule has 3 rings (SSSR count). The summed E-state index contributed by atoms with van der Waals surface area (Å²) in [6, 6.07) is 16.1. The molecular weight excluding hydrogens is 286 g/mol. The Morgan fingerprint density at radius 2 is 1.76 bits per heavy atom. The van der Waals surface area contributed by atoms with Gasteiger partial charge in [-0.25, -0.2) is 4.68 Å². The first-order valence-electron chi connectivity index (χ1n) is 6.39. The number of anilines is 1. The summed E-state index contributed by atoms with van der Waals surface area (Å²) >= 11 is 5.81. The minimum Gasteiger partial charge on any atom is -0.322 e. The second-order valence-corrected chi connectivity index (χ2v) is 4.89. The number of aromatic nitrogens is 2. The molecule has 0 radical (unpaired) electrons. The number of carbonyl (C=O) groups is 1. The third-order valence-electron chi connectivity index (χ3n) is 3.00. The van der Waals surface area contributed by atoms with Crippen molar-refractivity contribution in [3.8, 4) is 5.69 Å². The Morgan fingerprint density at radius 1 is 1.05 bits per heavy atom. The first-order valence-corrected chi connectivity index (χ1v) is 6.77. The Hall–Kier alpha value is -2.59. The van der Waals surface area contributed by atoms with E-state index < -0.39 is 0 Å². The maximum atomic E-state index is 12.1. The average Bonchev–Trinajstić information content (AvgIpc) is 3.04. The van der Waals surface area contributed by atoms with E-state index in [-0.39, 0.29) is 5.91 Å². The van der Waals surface area contributed by atoms with E-state index in [2.05, 4.69) is 10.4 Å². The van der Waals surface area contributed by atoms with Gasteiger partial charge in [-0.2, -0.15) is 5.10 Å². The smallest absolute Gasteiger partial charge is 0.255 e. The van der Waals surface area contributed by atoms with Crippen LogP contribution in [0.25, 0.3) is 5.69 Å². The van der Waals surface area contributed by atoms with Crippen LogP contribution in [-0.2, 0) is 0 Å². The molecular formula is C16H12ClN3O. The summed E-state index contributed by atoms with van der Waals surface area (Å²) < 4.78 is 1.74. The van der Waals surface area contributed by atoms with Gasteiger partial charge in [-0.05, 0) is 54.6 Å². The Balaban J connectivity index is 1.74. The van der Waals surface area contributed by atoms with Crippen molar-refractivity contribution in [2.75, 3.05) is 5.32 Å². The second-order valence-electron chi connectivity index (χ2n) is 4.46. The molecule has 0 aliphatic heterocycles. The van der Waals surface area contributed by atoms with E-state index in [9.17, 15) is 4.79 Å². The van der Waals surface area contributed by atoms with Crippen molar-refractivity contribution in [2.24, 2.45) is 0 Å². The van der Waals surface area contributed by atoms with Crippen molar-refractivity contribution in [1.82, 2.24) is 9.78 Å². The van der Waals surface area contributed by atoms with Crippen LogP contribution in [0.1, 0.15) is 10.4 Å². The molecule has 1 amide bonds. The van der Waals surface area contributed by atoms with Gasteiger partial charge in [0, 0.05) is 28.7 Å². The highest BCUT2D eigenvalue weighted by atomic mass is 35.5. The molecule has 1 aromatic heterocycles. The van der Waals surface area contributed by atoms with Crippen molar-refractivity contribution in [1.29, 1.82) is 0 Å². The summed E-state index contributed by atoms with van der Waals surface area (Å²) in [4.78, 5) is 12.1. The molecule has 3 aromatic rings. The molecule has 0 bridgehead atoms. The molecule has 0 saturated carbocycles. The van der Waals surface area contributed by atoms with E-state index in [1.165, 1.54) is 0 Å². The number of benzene rings is 2. The molecule has 0 saturated heterocycles. The lowest BCUT2D eigenvalue weighted by Gasteiger charge is -2.06. The number of hydrogen-bond acceptors (Lipinski definition) is 2. The quantitative estimate of drug-likeness (QED) is 0.800. The van der Waals surface area contributed by atoms with Gasteiger partial charge in [-0.1, -0.05) is 11.6 Å². The van der Waals surface area contributed by atoms with Gasteiger partial charge in [0.15, 0.2) is 0 Å². The van der Waals surface area contributed by atoms with Crippen LogP contribution >= 0.6 is 11.6 Å². The van der Waals surface area contributed by atoms with Gasteiger partial charge in [0.1, 0.15) is 0 Å². The Morgan fingerprint density at radius 3 is 2.38 bits per heavy atom. The van der Waals surface area contributed by atoms with Gasteiger partial charge >= 0.3 is 0 Å². The molecule has 1 heterocycles. The van der Waals surface area contributed by atoms with Gasteiger partial charge in [0.05, 0.1) is 5.69 Å². The highest BCUT2D eigenvalue weighted by Gasteiger charge is 2.06. The van der Waals surface area contributed by atoms with Crippen molar-refractivity contribution < 1.29 is 4.79 Å². The zero-order chi connectivity index (χ0) is 14.7. The number of nitrogens with one attached hydrogen (secondary N) is 1. The molecule has 0 aliphatic carbocycles. The van der Waals surface area contributed by atoms with Crippen molar-refractivity contribution in [3.63, 3.8) is 0 Å². The van der Waals surface area contributed by atoms with Crippen molar-refractivity contribution in [3.05, 3.63) is 77.6 Å². The predicted molar refractivity (Wildman–Crippen MR) is 83.0 cm³/mol. The van der Waals surface area contributed by atoms with Gasteiger partial charge in [-0.15, -0.1) is 0 Å². The first kappa shape index (κ1) is 13.4. The van der Waals surface area contributed by atoms with Crippen LogP contribution < -0.4 is 5.32 Å². The van der Waals surface area contributed by atoms with E-state index in [0.29, 0.717) is 16.3 Å². The standard InChI is InChI=1S/C16H12ClN3O/c17-13-4-6-14(7-5-13)19-16(21)12-2-8-15(9-3-12)20-11-1-10-18-20/h1-11H,(H,19,21). The molecule has 5 heteroatoms. The number of hydrogen-bond donors (Lipinski definition) is 1. The molecule has 0 unspecified atom stereocenters. The summed E-state index contributed by atoms with van der Waals surface area (Å²) in [7, 11) is 0. The van der Waals surface area contributed by atoms with Crippen molar-refractivity contribution >= 4 is 23.2 Å². The van der Waals surface area contributed by atoms with Crippen LogP contribution in [0.5, 0.6) is 0 Å². The van der Waals surface area contributed by atoms with Crippen LogP contribution in [0.3, 0.4) is 0 Å². The lowest BCUT2D eigenvalue weighted by molar-refractivity contribution is 0.102. The topological polar surface area (TPSA) is 46.9 Å². The summed E-state index contributed by atoms with van der Waals surface area (Å²) in [5, 5.41) is 7.60. The fourth-order valence-corrected chi connectivity index (χ4v) is 2.05. The SMILES string of the molecule is O=C(Nc1ccc(Cl)cc1)c1ccc(-n2cccn2)cc1. The molecule has 4 nitrogen and oxygen atoms in total. The maximum absolute atomic E-state index is 12.1. The lowest BCUT2D eigenvalue weighted by atomic mass is 10.2. The normalized spacial score (nSPS) is 10.3. The molecule has 0 atom stereocenters. The molecule has 104 valence electrons. The van der Waals surface area contributed by atoms with Crippen LogP contribution in [0, 0.1) is 0 Å². The van der Waals surface area contributed by atoms with Crippen LogP contribution in [-0.4, -0.2) is 15.7 Å². The number of rotatable bonds is 3. The second kappa shape index (κ2) is 5.81. The van der Waals surface area contributed by atoms with Crippen LogP contribution in [0.2, 0.25) is 5.02 Å². The van der Waals surface area contributed by atoms with Gasteiger partial charge in [0.2, 0.25) is 0 Å². The fraction of sp³-hybridized carbons (Fsp3) is 0. The monoisotopic (exact) mass is 297 g/mol. The zero-order valence-electron chi connectivity index (χ0n) is 11.0. The summed E-state index contributed by atoms with van der Waals surface area (Å²) in [5.41, 5.74) is 2.20. The summed E-state index contributed by atoms with van der Waals surface area (Å²) in [6.07, 6.45) is 3.56. The minimum atomic E-state index is -0.163. The molecule has 0 spiro atoms. The number of carbonyl (C=O) groups excluding carboxylic acids is 1. The molecule has 2 aromatic carbocycles. The van der Waals surface area contributed by atoms with Gasteiger partial charge in [-0.3, -0.25) is 4.79 Å².